The summed E-state index contributed by atoms with van der Waals surface area (Å²) in [4.78, 5) is 12.6. The number of thiocarbonyl (C=S) groups is 1. The number of carbonyl (C=O) groups is 1. The van der Waals surface area contributed by atoms with Crippen LogP contribution in [0.3, 0.4) is 0 Å². The molecular formula is C16H14N2OS. The average molecular weight is 282 g/mol. The van der Waals surface area contributed by atoms with E-state index in [-0.39, 0.29) is 11.8 Å². The van der Waals surface area contributed by atoms with Crippen molar-refractivity contribution in [1.29, 1.82) is 0 Å². The number of hydrogen-bond acceptors (Lipinski definition) is 2. The minimum atomic E-state index is -0.0558. The molecule has 20 heavy (non-hydrogen) atoms. The standard InChI is InChI=1S/C16H14N2OS/c17-15(20)11-5-3-6-12(8-11)18-16(19)14-9-10-4-1-2-7-13(10)14/h1-8,14H,9H2,(H2,17,20)(H,18,19). The summed E-state index contributed by atoms with van der Waals surface area (Å²) in [5.74, 6) is -0.0385. The zero-order valence-electron chi connectivity index (χ0n) is 10.8. The van der Waals surface area contributed by atoms with E-state index in [1.165, 1.54) is 5.56 Å². The monoisotopic (exact) mass is 282 g/mol. The van der Waals surface area contributed by atoms with Gasteiger partial charge in [-0.05, 0) is 29.7 Å². The third-order valence-corrected chi connectivity index (χ3v) is 3.82. The lowest BCUT2D eigenvalue weighted by atomic mass is 9.77. The summed E-state index contributed by atoms with van der Waals surface area (Å²) in [5, 5.41) is 2.93. The molecule has 3 nitrogen and oxygen atoms in total. The third-order valence-electron chi connectivity index (χ3n) is 3.59. The Morgan fingerprint density at radius 2 is 2.00 bits per heavy atom. The fourth-order valence-electron chi connectivity index (χ4n) is 2.47. The Bertz CT molecular complexity index is 696. The number of anilines is 1. The lowest BCUT2D eigenvalue weighted by Gasteiger charge is -2.28. The van der Waals surface area contributed by atoms with Crippen molar-refractivity contribution < 1.29 is 4.79 Å². The van der Waals surface area contributed by atoms with Crippen LogP contribution in [0, 0.1) is 0 Å². The molecule has 0 saturated heterocycles. The Hall–Kier alpha value is -2.20. The van der Waals surface area contributed by atoms with Crippen molar-refractivity contribution in [2.75, 3.05) is 5.32 Å². The molecule has 0 spiro atoms. The molecule has 1 amide bonds. The first kappa shape index (κ1) is 12.8. The van der Waals surface area contributed by atoms with Gasteiger partial charge in [-0.2, -0.15) is 0 Å². The van der Waals surface area contributed by atoms with Gasteiger partial charge in [-0.15, -0.1) is 0 Å². The van der Waals surface area contributed by atoms with Crippen molar-refractivity contribution in [3.63, 3.8) is 0 Å². The Balaban J connectivity index is 1.75. The van der Waals surface area contributed by atoms with E-state index in [1.807, 2.05) is 36.4 Å². The zero-order valence-corrected chi connectivity index (χ0v) is 11.6. The van der Waals surface area contributed by atoms with E-state index in [0.717, 1.165) is 23.2 Å². The van der Waals surface area contributed by atoms with Crippen LogP contribution in [0.4, 0.5) is 5.69 Å². The first-order chi connectivity index (χ1) is 9.65. The number of hydrogen-bond donors (Lipinski definition) is 2. The molecule has 100 valence electrons. The molecule has 0 aliphatic heterocycles. The second-order valence-corrected chi connectivity index (χ2v) is 5.33. The highest BCUT2D eigenvalue weighted by Gasteiger charge is 2.31. The number of rotatable bonds is 3. The lowest BCUT2D eigenvalue weighted by Crippen LogP contribution is -2.30. The van der Waals surface area contributed by atoms with Crippen molar-refractivity contribution in [2.45, 2.75) is 12.3 Å². The highest BCUT2D eigenvalue weighted by atomic mass is 32.1. The lowest BCUT2D eigenvalue weighted by molar-refractivity contribution is -0.118. The van der Waals surface area contributed by atoms with Gasteiger partial charge in [-0.25, -0.2) is 0 Å². The van der Waals surface area contributed by atoms with Crippen LogP contribution >= 0.6 is 12.2 Å². The van der Waals surface area contributed by atoms with E-state index in [1.54, 1.807) is 6.07 Å². The number of nitrogens with one attached hydrogen (secondary N) is 1. The summed E-state index contributed by atoms with van der Waals surface area (Å²) in [6, 6.07) is 15.3. The van der Waals surface area contributed by atoms with Crippen LogP contribution < -0.4 is 11.1 Å². The van der Waals surface area contributed by atoms with Gasteiger partial charge < -0.3 is 11.1 Å². The molecule has 1 atom stereocenters. The van der Waals surface area contributed by atoms with Gasteiger partial charge in [0.2, 0.25) is 5.91 Å². The van der Waals surface area contributed by atoms with Crippen LogP contribution in [0.5, 0.6) is 0 Å². The first-order valence-electron chi connectivity index (χ1n) is 6.43. The Morgan fingerprint density at radius 1 is 1.20 bits per heavy atom. The largest absolute Gasteiger partial charge is 0.389 e. The zero-order chi connectivity index (χ0) is 14.1. The smallest absolute Gasteiger partial charge is 0.232 e. The minimum Gasteiger partial charge on any atom is -0.389 e. The van der Waals surface area contributed by atoms with Crippen LogP contribution in [0.25, 0.3) is 0 Å². The molecule has 1 aliphatic carbocycles. The van der Waals surface area contributed by atoms with Crippen LogP contribution in [-0.2, 0) is 11.2 Å². The van der Waals surface area contributed by atoms with Crippen molar-refractivity contribution in [1.82, 2.24) is 0 Å². The number of nitrogens with two attached hydrogens (primary N) is 1. The van der Waals surface area contributed by atoms with Gasteiger partial charge in [0, 0.05) is 11.3 Å². The summed E-state index contributed by atoms with van der Waals surface area (Å²) in [6.45, 7) is 0. The molecule has 0 fully saturated rings. The molecule has 1 unspecified atom stereocenters. The van der Waals surface area contributed by atoms with Gasteiger partial charge in [0.1, 0.15) is 4.99 Å². The van der Waals surface area contributed by atoms with E-state index in [0.29, 0.717) is 4.99 Å². The van der Waals surface area contributed by atoms with Gasteiger partial charge in [0.05, 0.1) is 5.92 Å². The fourth-order valence-corrected chi connectivity index (χ4v) is 2.60. The SMILES string of the molecule is NC(=S)c1cccc(NC(=O)C2Cc3ccccc32)c1. The van der Waals surface area contributed by atoms with Gasteiger partial charge in [0.15, 0.2) is 0 Å². The van der Waals surface area contributed by atoms with Crippen LogP contribution in [0.15, 0.2) is 48.5 Å². The maximum absolute atomic E-state index is 12.3. The molecule has 0 radical (unpaired) electrons. The summed E-state index contributed by atoms with van der Waals surface area (Å²) in [6.07, 6.45) is 0.803. The normalized spacial score (nSPS) is 15.9. The summed E-state index contributed by atoms with van der Waals surface area (Å²) in [5.41, 5.74) is 9.45. The predicted octanol–water partition coefficient (Wildman–Crippen LogP) is 2.60. The molecule has 3 N–H and O–H groups in total. The first-order valence-corrected chi connectivity index (χ1v) is 6.84. The van der Waals surface area contributed by atoms with Gasteiger partial charge >= 0.3 is 0 Å². The van der Waals surface area contributed by atoms with E-state index < -0.39 is 0 Å². The summed E-state index contributed by atoms with van der Waals surface area (Å²) in [7, 11) is 0. The average Bonchev–Trinajstić information content (AvgIpc) is 2.40. The van der Waals surface area contributed by atoms with Gasteiger partial charge in [0.25, 0.3) is 0 Å². The highest BCUT2D eigenvalue weighted by Crippen LogP contribution is 2.35. The van der Waals surface area contributed by atoms with E-state index in [4.69, 9.17) is 18.0 Å². The number of fused-ring (bicyclic) bond motifs is 1. The van der Waals surface area contributed by atoms with E-state index in [9.17, 15) is 4.79 Å². The second kappa shape index (κ2) is 5.06. The Kier molecular flexibility index (Phi) is 3.24. The summed E-state index contributed by atoms with van der Waals surface area (Å²) < 4.78 is 0. The molecule has 0 heterocycles. The quantitative estimate of drug-likeness (QED) is 0.851. The maximum Gasteiger partial charge on any atom is 0.232 e. The molecule has 0 aromatic heterocycles. The Morgan fingerprint density at radius 3 is 2.75 bits per heavy atom. The Labute approximate surface area is 122 Å². The molecular weight excluding hydrogens is 268 g/mol. The maximum atomic E-state index is 12.3. The molecule has 4 heteroatoms. The van der Waals surface area contributed by atoms with Crippen molar-refractivity contribution in [2.24, 2.45) is 5.73 Å². The third kappa shape index (κ3) is 2.30. The van der Waals surface area contributed by atoms with Crippen LogP contribution in [0.2, 0.25) is 0 Å². The van der Waals surface area contributed by atoms with Gasteiger partial charge in [-0.3, -0.25) is 4.79 Å². The number of amides is 1. The molecule has 0 saturated carbocycles. The van der Waals surface area contributed by atoms with Crippen LogP contribution in [-0.4, -0.2) is 10.9 Å². The number of carbonyl (C=O) groups excluding carboxylic acids is 1. The van der Waals surface area contributed by atoms with Crippen molar-refractivity contribution in [3.8, 4) is 0 Å². The van der Waals surface area contributed by atoms with E-state index in [2.05, 4.69) is 11.4 Å². The summed E-state index contributed by atoms with van der Waals surface area (Å²) >= 11 is 4.94. The van der Waals surface area contributed by atoms with Crippen molar-refractivity contribution >= 4 is 28.8 Å². The van der Waals surface area contributed by atoms with Crippen molar-refractivity contribution in [3.05, 3.63) is 65.2 Å². The van der Waals surface area contributed by atoms with Crippen LogP contribution in [0.1, 0.15) is 22.6 Å². The molecule has 0 bridgehead atoms. The van der Waals surface area contributed by atoms with E-state index >= 15 is 0 Å². The highest BCUT2D eigenvalue weighted by molar-refractivity contribution is 7.80. The predicted molar refractivity (Wildman–Crippen MR) is 83.8 cm³/mol. The second-order valence-electron chi connectivity index (χ2n) is 4.89. The molecule has 3 rings (SSSR count). The molecule has 2 aromatic rings. The molecule has 1 aliphatic rings. The van der Waals surface area contributed by atoms with Gasteiger partial charge in [-0.1, -0.05) is 48.6 Å². The fraction of sp³-hybridized carbons (Fsp3) is 0.125. The topological polar surface area (TPSA) is 55.1 Å². The number of benzene rings is 2. The molecule has 2 aromatic carbocycles. The minimum absolute atomic E-state index is 0.0174.